The number of rotatable bonds is 2. The quantitative estimate of drug-likeness (QED) is 0.595. The zero-order valence-electron chi connectivity index (χ0n) is 12.3. The summed E-state index contributed by atoms with van der Waals surface area (Å²) < 4.78 is 5.39. The normalized spacial score (nSPS) is 16.2. The number of ether oxygens (including phenoxy) is 1. The van der Waals surface area contributed by atoms with Crippen molar-refractivity contribution in [1.82, 2.24) is 0 Å². The summed E-state index contributed by atoms with van der Waals surface area (Å²) in [6.07, 6.45) is 3.70. The Balaban J connectivity index is 1.95. The monoisotopic (exact) mass is 296 g/mol. The van der Waals surface area contributed by atoms with Crippen molar-refractivity contribution in [3.63, 3.8) is 0 Å². The lowest BCUT2D eigenvalue weighted by molar-refractivity contribution is -0.130. The van der Waals surface area contributed by atoms with Gasteiger partial charge in [0.25, 0.3) is 0 Å². The maximum Gasteiger partial charge on any atom is 0.343 e. The maximum atomic E-state index is 12.0. The molecule has 3 rings (SSSR count). The largest absolute Gasteiger partial charge is 0.422 e. The Morgan fingerprint density at radius 3 is 2.52 bits per heavy atom. The number of hydrogen-bond acceptors (Lipinski definition) is 3. The van der Waals surface area contributed by atoms with Crippen molar-refractivity contribution >= 4 is 29.1 Å². The van der Waals surface area contributed by atoms with Crippen LogP contribution in [0.5, 0.6) is 0 Å². The van der Waals surface area contributed by atoms with Gasteiger partial charge in [0, 0.05) is 15.3 Å². The zero-order valence-corrected chi connectivity index (χ0v) is 13.1. The Kier molecular flexibility index (Phi) is 3.52. The van der Waals surface area contributed by atoms with Crippen LogP contribution in [0.1, 0.15) is 26.4 Å². The second-order valence-electron chi connectivity index (χ2n) is 5.25. The molecule has 0 saturated heterocycles. The summed E-state index contributed by atoms with van der Waals surface area (Å²) in [7, 11) is 0. The highest BCUT2D eigenvalue weighted by Crippen LogP contribution is 2.29. The lowest BCUT2D eigenvalue weighted by atomic mass is 10.0. The summed E-state index contributed by atoms with van der Waals surface area (Å²) in [6, 6.07) is 10.1. The molecule has 1 aromatic heterocycles. The molecule has 0 unspecified atom stereocenters. The van der Waals surface area contributed by atoms with Crippen molar-refractivity contribution in [2.45, 2.75) is 20.8 Å². The highest BCUT2D eigenvalue weighted by atomic mass is 32.1. The number of hydrogen-bond donors (Lipinski definition) is 0. The molecule has 0 aliphatic carbocycles. The predicted molar refractivity (Wildman–Crippen MR) is 87.0 cm³/mol. The van der Waals surface area contributed by atoms with Gasteiger partial charge in [-0.2, -0.15) is 0 Å². The number of cyclic esters (lactones) is 1. The predicted octanol–water partition coefficient (Wildman–Crippen LogP) is 4.65. The van der Waals surface area contributed by atoms with E-state index in [1.165, 1.54) is 16.0 Å². The Bertz CT molecular complexity index is 778. The molecule has 3 heteroatoms. The average Bonchev–Trinajstić information content (AvgIpc) is 3.00. The third kappa shape index (κ3) is 2.83. The average molecular weight is 296 g/mol. The van der Waals surface area contributed by atoms with E-state index >= 15 is 0 Å². The van der Waals surface area contributed by atoms with Crippen molar-refractivity contribution in [1.29, 1.82) is 0 Å². The van der Waals surface area contributed by atoms with E-state index in [0.29, 0.717) is 11.3 Å². The molecule has 0 amide bonds. The molecule has 106 valence electrons. The van der Waals surface area contributed by atoms with Crippen LogP contribution in [0.3, 0.4) is 0 Å². The SMILES string of the molecule is Cc1ccc(/C=C2\C=C(c3ccc(C)c(C)c3)OC2=O)s1. The van der Waals surface area contributed by atoms with Gasteiger partial charge < -0.3 is 4.74 Å². The molecule has 0 bridgehead atoms. The summed E-state index contributed by atoms with van der Waals surface area (Å²) in [5, 5.41) is 0. The molecule has 0 spiro atoms. The molecule has 1 aliphatic rings. The van der Waals surface area contributed by atoms with Crippen LogP contribution in [-0.4, -0.2) is 5.97 Å². The highest BCUT2D eigenvalue weighted by molar-refractivity contribution is 7.12. The second kappa shape index (κ2) is 5.34. The summed E-state index contributed by atoms with van der Waals surface area (Å²) in [5.74, 6) is 0.344. The van der Waals surface area contributed by atoms with Gasteiger partial charge in [0.05, 0.1) is 5.57 Å². The minimum Gasteiger partial charge on any atom is -0.422 e. The fourth-order valence-corrected chi connectivity index (χ4v) is 3.04. The first-order valence-electron chi connectivity index (χ1n) is 6.82. The van der Waals surface area contributed by atoms with Crippen LogP contribution >= 0.6 is 11.3 Å². The third-order valence-corrected chi connectivity index (χ3v) is 4.52. The van der Waals surface area contributed by atoms with Crippen LogP contribution in [-0.2, 0) is 9.53 Å². The summed E-state index contributed by atoms with van der Waals surface area (Å²) in [6.45, 7) is 6.18. The van der Waals surface area contributed by atoms with E-state index in [9.17, 15) is 4.79 Å². The topological polar surface area (TPSA) is 26.3 Å². The molecule has 21 heavy (non-hydrogen) atoms. The molecule has 0 atom stereocenters. The molecule has 2 aromatic rings. The first kappa shape index (κ1) is 13.8. The number of thiophene rings is 1. The van der Waals surface area contributed by atoms with Gasteiger partial charge in [0.1, 0.15) is 5.76 Å². The van der Waals surface area contributed by atoms with Gasteiger partial charge in [0.2, 0.25) is 0 Å². The lowest BCUT2D eigenvalue weighted by Gasteiger charge is -2.05. The number of aryl methyl sites for hydroxylation is 3. The van der Waals surface area contributed by atoms with Crippen molar-refractivity contribution in [3.05, 3.63) is 68.4 Å². The zero-order chi connectivity index (χ0) is 15.0. The lowest BCUT2D eigenvalue weighted by Crippen LogP contribution is -1.97. The van der Waals surface area contributed by atoms with Crippen LogP contribution in [0, 0.1) is 20.8 Å². The number of esters is 1. The Morgan fingerprint density at radius 1 is 1.05 bits per heavy atom. The molecule has 0 radical (unpaired) electrons. The van der Waals surface area contributed by atoms with Gasteiger partial charge >= 0.3 is 5.97 Å². The van der Waals surface area contributed by atoms with Gasteiger partial charge in [-0.05, 0) is 62.2 Å². The van der Waals surface area contributed by atoms with Crippen molar-refractivity contribution < 1.29 is 9.53 Å². The molecular formula is C18H16O2S. The molecule has 2 nitrogen and oxygen atoms in total. The van der Waals surface area contributed by atoms with Crippen LogP contribution in [0.25, 0.3) is 11.8 Å². The maximum absolute atomic E-state index is 12.0. The molecule has 2 heterocycles. The summed E-state index contributed by atoms with van der Waals surface area (Å²) >= 11 is 1.66. The number of benzene rings is 1. The number of carbonyl (C=O) groups is 1. The Labute approximate surface area is 128 Å². The first-order valence-corrected chi connectivity index (χ1v) is 7.64. The summed E-state index contributed by atoms with van der Waals surface area (Å²) in [5.41, 5.74) is 3.96. The van der Waals surface area contributed by atoms with Crippen molar-refractivity contribution in [2.24, 2.45) is 0 Å². The van der Waals surface area contributed by atoms with E-state index in [1.54, 1.807) is 11.3 Å². The highest BCUT2D eigenvalue weighted by Gasteiger charge is 2.22. The van der Waals surface area contributed by atoms with Gasteiger partial charge in [-0.25, -0.2) is 4.79 Å². The van der Waals surface area contributed by atoms with E-state index in [1.807, 2.05) is 42.5 Å². The molecule has 0 N–H and O–H groups in total. The van der Waals surface area contributed by atoms with Crippen molar-refractivity contribution in [3.8, 4) is 0 Å². The second-order valence-corrected chi connectivity index (χ2v) is 6.56. The fraction of sp³-hybridized carbons (Fsp3) is 0.167. The van der Waals surface area contributed by atoms with Crippen LogP contribution in [0.15, 0.2) is 42.0 Å². The molecule has 0 fully saturated rings. The minimum atomic E-state index is -0.283. The smallest absolute Gasteiger partial charge is 0.343 e. The summed E-state index contributed by atoms with van der Waals surface area (Å²) in [4.78, 5) is 14.3. The Morgan fingerprint density at radius 2 is 1.86 bits per heavy atom. The Hall–Kier alpha value is -2.13. The standard InChI is InChI=1S/C18H16O2S/c1-11-4-6-14(8-12(11)2)17-10-15(18(19)20-17)9-16-7-5-13(3)21-16/h4-10H,1-3H3/b15-9+. The van der Waals surface area contributed by atoms with E-state index in [4.69, 9.17) is 4.74 Å². The van der Waals surface area contributed by atoms with Crippen LogP contribution in [0.2, 0.25) is 0 Å². The van der Waals surface area contributed by atoms with E-state index < -0.39 is 0 Å². The first-order chi connectivity index (χ1) is 10.0. The van der Waals surface area contributed by atoms with Gasteiger partial charge in [-0.15, -0.1) is 11.3 Å². The van der Waals surface area contributed by atoms with Gasteiger partial charge in [-0.3, -0.25) is 0 Å². The van der Waals surface area contributed by atoms with Gasteiger partial charge in [0.15, 0.2) is 0 Å². The third-order valence-electron chi connectivity index (χ3n) is 3.58. The molecule has 1 aliphatic heterocycles. The van der Waals surface area contributed by atoms with Crippen LogP contribution in [0.4, 0.5) is 0 Å². The van der Waals surface area contributed by atoms with Crippen molar-refractivity contribution in [2.75, 3.05) is 0 Å². The molecule has 1 aromatic carbocycles. The van der Waals surface area contributed by atoms with E-state index in [-0.39, 0.29) is 5.97 Å². The van der Waals surface area contributed by atoms with Crippen LogP contribution < -0.4 is 0 Å². The molecular weight excluding hydrogens is 280 g/mol. The van der Waals surface area contributed by atoms with Gasteiger partial charge in [-0.1, -0.05) is 12.1 Å². The van der Waals surface area contributed by atoms with E-state index in [2.05, 4.69) is 20.8 Å². The number of carbonyl (C=O) groups excluding carboxylic acids is 1. The minimum absolute atomic E-state index is 0.283. The fourth-order valence-electron chi connectivity index (χ4n) is 2.21. The van der Waals surface area contributed by atoms with E-state index in [0.717, 1.165) is 10.4 Å². The molecule has 0 saturated carbocycles.